The van der Waals surface area contributed by atoms with Gasteiger partial charge in [-0.2, -0.15) is 4.39 Å². The van der Waals surface area contributed by atoms with Gasteiger partial charge in [-0.1, -0.05) is 16.8 Å². The summed E-state index contributed by atoms with van der Waals surface area (Å²) in [6, 6.07) is 1.87. The zero-order chi connectivity index (χ0) is 16.5. The van der Waals surface area contributed by atoms with E-state index >= 15 is 0 Å². The lowest BCUT2D eigenvalue weighted by atomic mass is 9.96. The third-order valence-electron chi connectivity index (χ3n) is 3.04. The lowest BCUT2D eigenvalue weighted by molar-refractivity contribution is -0.387. The van der Waals surface area contributed by atoms with E-state index in [0.717, 1.165) is 12.1 Å². The molecule has 7 nitrogen and oxygen atoms in total. The molecule has 1 atom stereocenters. The molecule has 1 heterocycles. The number of halogens is 2. The van der Waals surface area contributed by atoms with E-state index in [1.165, 1.54) is 6.92 Å². The number of hydrogen-bond donors (Lipinski definition) is 0. The van der Waals surface area contributed by atoms with Gasteiger partial charge in [0.1, 0.15) is 6.61 Å². The van der Waals surface area contributed by atoms with Crippen LogP contribution < -0.4 is 0 Å². The minimum atomic E-state index is -1.03. The largest absolute Gasteiger partial charge is 0.461 e. The van der Waals surface area contributed by atoms with Gasteiger partial charge < -0.3 is 9.57 Å². The zero-order valence-corrected chi connectivity index (χ0v) is 12.5. The Labute approximate surface area is 129 Å². The SMILES string of the molecule is CC(=O)OCC1(C)CC(c2cc([N+](=O)[O-])c(F)cc2Cl)=NO1. The molecule has 0 bridgehead atoms. The number of hydrogen-bond acceptors (Lipinski definition) is 6. The number of benzene rings is 1. The predicted octanol–water partition coefficient (Wildman–Crippen LogP) is 2.83. The van der Waals surface area contributed by atoms with Gasteiger partial charge >= 0.3 is 11.7 Å². The summed E-state index contributed by atoms with van der Waals surface area (Å²) in [7, 11) is 0. The predicted molar refractivity (Wildman–Crippen MR) is 75.3 cm³/mol. The number of ether oxygens (including phenoxy) is 1. The number of nitrogens with zero attached hydrogens (tertiary/aromatic N) is 2. The maximum atomic E-state index is 13.5. The highest BCUT2D eigenvalue weighted by Gasteiger charge is 2.37. The van der Waals surface area contributed by atoms with Crippen molar-refractivity contribution in [3.8, 4) is 0 Å². The summed E-state index contributed by atoms with van der Waals surface area (Å²) in [5, 5.41) is 14.6. The quantitative estimate of drug-likeness (QED) is 0.481. The second kappa shape index (κ2) is 5.88. The molecule has 0 N–H and O–H groups in total. The number of carbonyl (C=O) groups is 1. The van der Waals surface area contributed by atoms with Crippen molar-refractivity contribution in [2.45, 2.75) is 25.9 Å². The number of nitro benzene ring substituents is 1. The standard InChI is InChI=1S/C13H12ClFN2O5/c1-7(18)21-6-13(2)5-11(16-22-13)8-3-12(17(19)20)10(15)4-9(8)14/h3-4H,5-6H2,1-2H3. The molecule has 0 aromatic heterocycles. The number of rotatable bonds is 4. The van der Waals surface area contributed by atoms with E-state index < -0.39 is 28.0 Å². The van der Waals surface area contributed by atoms with E-state index in [0.29, 0.717) is 5.71 Å². The molecule has 9 heteroatoms. The van der Waals surface area contributed by atoms with Crippen LogP contribution >= 0.6 is 11.6 Å². The van der Waals surface area contributed by atoms with Gasteiger partial charge in [0, 0.05) is 31.0 Å². The van der Waals surface area contributed by atoms with Crippen molar-refractivity contribution in [1.29, 1.82) is 0 Å². The Kier molecular flexibility index (Phi) is 4.32. The van der Waals surface area contributed by atoms with Crippen LogP contribution in [0.1, 0.15) is 25.8 Å². The molecule has 118 valence electrons. The maximum Gasteiger partial charge on any atom is 0.305 e. The average molecular weight is 331 g/mol. The summed E-state index contributed by atoms with van der Waals surface area (Å²) in [5.41, 5.74) is -1.06. The van der Waals surface area contributed by atoms with E-state index in [1.807, 2.05) is 0 Å². The molecule has 0 spiro atoms. The topological polar surface area (TPSA) is 91.0 Å². The molecule has 0 amide bonds. The van der Waals surface area contributed by atoms with E-state index in [4.69, 9.17) is 21.2 Å². The Bertz CT molecular complexity index is 679. The fourth-order valence-electron chi connectivity index (χ4n) is 1.96. The Hall–Kier alpha value is -2.22. The molecular formula is C13H12ClFN2O5. The molecule has 22 heavy (non-hydrogen) atoms. The lowest BCUT2D eigenvalue weighted by Crippen LogP contribution is -2.32. The third kappa shape index (κ3) is 3.33. The minimum Gasteiger partial charge on any atom is -0.461 e. The van der Waals surface area contributed by atoms with Crippen LogP contribution in [0.3, 0.4) is 0 Å². The maximum absolute atomic E-state index is 13.5. The van der Waals surface area contributed by atoms with Gasteiger partial charge in [0.25, 0.3) is 0 Å². The molecule has 1 aliphatic rings. The Morgan fingerprint density at radius 2 is 2.32 bits per heavy atom. The van der Waals surface area contributed by atoms with Gasteiger partial charge in [0.15, 0.2) is 5.60 Å². The number of carbonyl (C=O) groups excluding carboxylic acids is 1. The van der Waals surface area contributed by atoms with Gasteiger partial charge in [0.2, 0.25) is 5.82 Å². The molecule has 1 unspecified atom stereocenters. The van der Waals surface area contributed by atoms with Crippen LogP contribution in [0.5, 0.6) is 0 Å². The van der Waals surface area contributed by atoms with Gasteiger partial charge in [-0.3, -0.25) is 14.9 Å². The number of nitro groups is 1. The monoisotopic (exact) mass is 330 g/mol. The fraction of sp³-hybridized carbons (Fsp3) is 0.385. The minimum absolute atomic E-state index is 0.0119. The Balaban J connectivity index is 2.25. The van der Waals surface area contributed by atoms with Crippen molar-refractivity contribution in [2.24, 2.45) is 5.16 Å². The van der Waals surface area contributed by atoms with Gasteiger partial charge in [-0.25, -0.2) is 0 Å². The highest BCUT2D eigenvalue weighted by Crippen LogP contribution is 2.32. The molecule has 0 fully saturated rings. The molecule has 0 saturated carbocycles. The van der Waals surface area contributed by atoms with E-state index in [2.05, 4.69) is 5.16 Å². The fourth-order valence-corrected chi connectivity index (χ4v) is 2.22. The van der Waals surface area contributed by atoms with Crippen LogP contribution in [0.25, 0.3) is 0 Å². The normalized spacial score (nSPS) is 20.3. The Morgan fingerprint density at radius 3 is 2.91 bits per heavy atom. The number of esters is 1. The van der Waals surface area contributed by atoms with E-state index in [1.54, 1.807) is 6.92 Å². The van der Waals surface area contributed by atoms with Crippen molar-refractivity contribution in [3.63, 3.8) is 0 Å². The summed E-state index contributed by atoms with van der Waals surface area (Å²) in [5.74, 6) is -1.49. The van der Waals surface area contributed by atoms with Gasteiger partial charge in [-0.05, 0) is 6.92 Å². The highest BCUT2D eigenvalue weighted by atomic mass is 35.5. The zero-order valence-electron chi connectivity index (χ0n) is 11.8. The average Bonchev–Trinajstić information content (AvgIpc) is 2.79. The first kappa shape index (κ1) is 16.2. The first-order valence-electron chi connectivity index (χ1n) is 6.24. The number of oxime groups is 1. The molecular weight excluding hydrogens is 319 g/mol. The summed E-state index contributed by atoms with van der Waals surface area (Å²) in [4.78, 5) is 26.0. The van der Waals surface area contributed by atoms with Crippen molar-refractivity contribution in [2.75, 3.05) is 6.61 Å². The van der Waals surface area contributed by atoms with Crippen LogP contribution in [-0.2, 0) is 14.4 Å². The smallest absolute Gasteiger partial charge is 0.305 e. The summed E-state index contributed by atoms with van der Waals surface area (Å²) in [6.45, 7) is 2.90. The third-order valence-corrected chi connectivity index (χ3v) is 3.36. The lowest BCUT2D eigenvalue weighted by Gasteiger charge is -2.20. The molecule has 0 saturated heterocycles. The van der Waals surface area contributed by atoms with Crippen LogP contribution in [0, 0.1) is 15.9 Å². The molecule has 1 aromatic carbocycles. The summed E-state index contributed by atoms with van der Waals surface area (Å²) >= 11 is 5.92. The Morgan fingerprint density at radius 1 is 1.64 bits per heavy atom. The molecule has 1 aliphatic heterocycles. The second-order valence-corrected chi connectivity index (χ2v) is 5.48. The molecule has 0 radical (unpaired) electrons. The highest BCUT2D eigenvalue weighted by molar-refractivity contribution is 6.34. The van der Waals surface area contributed by atoms with Crippen LogP contribution in [0.15, 0.2) is 17.3 Å². The van der Waals surface area contributed by atoms with Crippen LogP contribution in [0.4, 0.5) is 10.1 Å². The van der Waals surface area contributed by atoms with Crippen molar-refractivity contribution in [1.82, 2.24) is 0 Å². The van der Waals surface area contributed by atoms with Crippen LogP contribution in [-0.4, -0.2) is 28.8 Å². The second-order valence-electron chi connectivity index (χ2n) is 5.08. The van der Waals surface area contributed by atoms with Gasteiger partial charge in [-0.15, -0.1) is 0 Å². The first-order chi connectivity index (χ1) is 10.2. The van der Waals surface area contributed by atoms with Crippen molar-refractivity contribution < 1.29 is 23.7 Å². The molecule has 0 aliphatic carbocycles. The van der Waals surface area contributed by atoms with E-state index in [9.17, 15) is 19.3 Å². The van der Waals surface area contributed by atoms with Crippen molar-refractivity contribution >= 4 is 29.0 Å². The summed E-state index contributed by atoms with van der Waals surface area (Å²) in [6.07, 6.45) is 0.211. The van der Waals surface area contributed by atoms with Crippen molar-refractivity contribution in [3.05, 3.63) is 38.7 Å². The molecule has 1 aromatic rings. The summed E-state index contributed by atoms with van der Waals surface area (Å²) < 4.78 is 18.4. The van der Waals surface area contributed by atoms with Gasteiger partial charge in [0.05, 0.1) is 15.7 Å². The van der Waals surface area contributed by atoms with Crippen LogP contribution in [0.2, 0.25) is 5.02 Å². The molecule has 2 rings (SSSR count). The first-order valence-corrected chi connectivity index (χ1v) is 6.62. The van der Waals surface area contributed by atoms with E-state index in [-0.39, 0.29) is 23.6 Å².